The molecule has 0 saturated carbocycles. The Balaban J connectivity index is 2.31. The van der Waals surface area contributed by atoms with Crippen molar-refractivity contribution in [3.8, 4) is 11.5 Å². The molecule has 0 spiro atoms. The molecule has 1 aromatic carbocycles. The summed E-state index contributed by atoms with van der Waals surface area (Å²) in [6, 6.07) is 7.60. The lowest BCUT2D eigenvalue weighted by molar-refractivity contribution is 0.483. The lowest BCUT2D eigenvalue weighted by atomic mass is 10.2. The number of thioether (sulfide) groups is 1. The van der Waals surface area contributed by atoms with Gasteiger partial charge in [0.05, 0.1) is 0 Å². The maximum Gasteiger partial charge on any atom is 0.155 e. The average Bonchev–Trinajstić information content (AvgIpc) is 2.37. The van der Waals surface area contributed by atoms with Crippen LogP contribution < -0.4 is 16.2 Å². The van der Waals surface area contributed by atoms with E-state index >= 15 is 0 Å². The van der Waals surface area contributed by atoms with Gasteiger partial charge in [0.25, 0.3) is 0 Å². The van der Waals surface area contributed by atoms with Crippen LogP contribution in [0.2, 0.25) is 0 Å². The van der Waals surface area contributed by atoms with Gasteiger partial charge in [0, 0.05) is 17.2 Å². The number of ether oxygens (including phenoxy) is 1. The van der Waals surface area contributed by atoms with Crippen molar-refractivity contribution >= 4 is 23.3 Å². The van der Waals surface area contributed by atoms with Crippen molar-refractivity contribution < 1.29 is 4.74 Å². The number of hydrogen-bond acceptors (Lipinski definition) is 5. The highest BCUT2D eigenvalue weighted by Gasteiger charge is 2.07. The molecule has 1 aromatic heterocycles. The van der Waals surface area contributed by atoms with Crippen LogP contribution in [0, 0.1) is 6.92 Å². The zero-order chi connectivity index (χ0) is 13.1. The first-order valence-electron chi connectivity index (χ1n) is 5.44. The molecule has 5 heteroatoms. The molecule has 2 rings (SSSR count). The van der Waals surface area contributed by atoms with Crippen LogP contribution >= 0.6 is 11.8 Å². The Labute approximate surface area is 110 Å². The predicted octanol–water partition coefficient (Wildman–Crippen LogP) is 3.07. The minimum Gasteiger partial charge on any atom is -0.455 e. The summed E-state index contributed by atoms with van der Waals surface area (Å²) in [6.45, 7) is 2.06. The van der Waals surface area contributed by atoms with Gasteiger partial charge in [-0.15, -0.1) is 11.8 Å². The second-order valence-electron chi connectivity index (χ2n) is 3.84. The standard InChI is InChI=1S/C13H15N3OS/c1-8-3-4-9(7-11(8)18-2)17-10-5-6-16-13(15)12(10)14/h3-7H,14H2,1-2H3,(H2,15,16). The van der Waals surface area contributed by atoms with E-state index in [4.69, 9.17) is 16.2 Å². The monoisotopic (exact) mass is 261 g/mol. The number of hydrogen-bond donors (Lipinski definition) is 2. The van der Waals surface area contributed by atoms with E-state index in [-0.39, 0.29) is 5.82 Å². The van der Waals surface area contributed by atoms with Crippen molar-refractivity contribution in [2.45, 2.75) is 11.8 Å². The first-order valence-corrected chi connectivity index (χ1v) is 6.66. The number of pyridine rings is 1. The van der Waals surface area contributed by atoms with Gasteiger partial charge >= 0.3 is 0 Å². The van der Waals surface area contributed by atoms with Gasteiger partial charge < -0.3 is 16.2 Å². The molecule has 4 nitrogen and oxygen atoms in total. The van der Waals surface area contributed by atoms with Gasteiger partial charge in [0.2, 0.25) is 0 Å². The molecule has 0 amide bonds. The third kappa shape index (κ3) is 2.51. The highest BCUT2D eigenvalue weighted by molar-refractivity contribution is 7.98. The van der Waals surface area contributed by atoms with Crippen molar-refractivity contribution in [2.24, 2.45) is 0 Å². The number of rotatable bonds is 3. The minimum atomic E-state index is 0.282. The molecule has 94 valence electrons. The molecule has 18 heavy (non-hydrogen) atoms. The number of benzene rings is 1. The predicted molar refractivity (Wildman–Crippen MR) is 76.1 cm³/mol. The molecule has 0 radical (unpaired) electrons. The molecule has 0 saturated heterocycles. The largest absolute Gasteiger partial charge is 0.455 e. The van der Waals surface area contributed by atoms with E-state index in [1.807, 2.05) is 24.5 Å². The zero-order valence-corrected chi connectivity index (χ0v) is 11.1. The Morgan fingerprint density at radius 1 is 1.22 bits per heavy atom. The second kappa shape index (κ2) is 5.18. The fourth-order valence-corrected chi connectivity index (χ4v) is 2.17. The average molecular weight is 261 g/mol. The molecule has 2 aromatic rings. The van der Waals surface area contributed by atoms with E-state index < -0.39 is 0 Å². The summed E-state index contributed by atoms with van der Waals surface area (Å²) < 4.78 is 5.73. The van der Waals surface area contributed by atoms with Gasteiger partial charge in [-0.3, -0.25) is 0 Å². The molecule has 0 fully saturated rings. The fraction of sp³-hybridized carbons (Fsp3) is 0.154. The van der Waals surface area contributed by atoms with Crippen molar-refractivity contribution in [2.75, 3.05) is 17.7 Å². The van der Waals surface area contributed by atoms with Crippen LogP contribution in [0.15, 0.2) is 35.4 Å². The van der Waals surface area contributed by atoms with Crippen molar-refractivity contribution in [3.63, 3.8) is 0 Å². The third-order valence-corrected chi connectivity index (χ3v) is 3.47. The van der Waals surface area contributed by atoms with E-state index in [2.05, 4.69) is 11.9 Å². The van der Waals surface area contributed by atoms with E-state index in [1.165, 1.54) is 10.5 Å². The molecule has 0 aliphatic rings. The van der Waals surface area contributed by atoms with Gasteiger partial charge in [-0.1, -0.05) is 6.07 Å². The van der Waals surface area contributed by atoms with Gasteiger partial charge in [0.1, 0.15) is 17.3 Å². The van der Waals surface area contributed by atoms with Crippen LogP contribution in [0.1, 0.15) is 5.56 Å². The van der Waals surface area contributed by atoms with Crippen molar-refractivity contribution in [1.29, 1.82) is 0 Å². The number of nitrogen functional groups attached to an aromatic ring is 2. The highest BCUT2D eigenvalue weighted by Crippen LogP contribution is 2.32. The quantitative estimate of drug-likeness (QED) is 0.831. The number of aromatic nitrogens is 1. The Morgan fingerprint density at radius 3 is 2.72 bits per heavy atom. The van der Waals surface area contributed by atoms with Crippen LogP contribution in [0.4, 0.5) is 11.5 Å². The van der Waals surface area contributed by atoms with Gasteiger partial charge in [0.15, 0.2) is 5.75 Å². The van der Waals surface area contributed by atoms with Gasteiger partial charge in [-0.05, 0) is 30.9 Å². The topological polar surface area (TPSA) is 74.2 Å². The molecular weight excluding hydrogens is 246 g/mol. The minimum absolute atomic E-state index is 0.282. The summed E-state index contributed by atoms with van der Waals surface area (Å²) in [5, 5.41) is 0. The van der Waals surface area contributed by atoms with Crippen LogP contribution in [0.3, 0.4) is 0 Å². The fourth-order valence-electron chi connectivity index (χ4n) is 1.55. The van der Waals surface area contributed by atoms with Crippen molar-refractivity contribution in [1.82, 2.24) is 4.98 Å². The number of aryl methyl sites for hydroxylation is 1. The summed E-state index contributed by atoms with van der Waals surface area (Å²) >= 11 is 1.68. The number of anilines is 2. The normalized spacial score (nSPS) is 10.3. The van der Waals surface area contributed by atoms with Crippen LogP contribution in [-0.4, -0.2) is 11.2 Å². The SMILES string of the molecule is CSc1cc(Oc2ccnc(N)c2N)ccc1C. The lowest BCUT2D eigenvalue weighted by Crippen LogP contribution is -2.00. The zero-order valence-electron chi connectivity index (χ0n) is 10.3. The molecule has 4 N–H and O–H groups in total. The second-order valence-corrected chi connectivity index (χ2v) is 4.69. The summed E-state index contributed by atoms with van der Waals surface area (Å²) in [5.74, 6) is 1.55. The number of nitrogens with two attached hydrogens (primary N) is 2. The van der Waals surface area contributed by atoms with E-state index in [1.54, 1.807) is 24.0 Å². The van der Waals surface area contributed by atoms with E-state index in [0.717, 1.165) is 5.75 Å². The highest BCUT2D eigenvalue weighted by atomic mass is 32.2. The lowest BCUT2D eigenvalue weighted by Gasteiger charge is -2.11. The van der Waals surface area contributed by atoms with Crippen LogP contribution in [-0.2, 0) is 0 Å². The molecule has 0 aliphatic heterocycles. The first kappa shape index (κ1) is 12.6. The van der Waals surface area contributed by atoms with Crippen LogP contribution in [0.5, 0.6) is 11.5 Å². The van der Waals surface area contributed by atoms with E-state index in [0.29, 0.717) is 11.4 Å². The van der Waals surface area contributed by atoms with Gasteiger partial charge in [-0.2, -0.15) is 0 Å². The molecule has 0 aliphatic carbocycles. The summed E-state index contributed by atoms with van der Waals surface area (Å²) in [4.78, 5) is 5.07. The molecular formula is C13H15N3OS. The summed E-state index contributed by atoms with van der Waals surface area (Å²) in [6.07, 6.45) is 3.61. The maximum atomic E-state index is 5.81. The molecule has 0 bridgehead atoms. The molecule has 1 heterocycles. The van der Waals surface area contributed by atoms with Crippen molar-refractivity contribution in [3.05, 3.63) is 36.0 Å². The Kier molecular flexibility index (Phi) is 3.62. The molecule has 0 atom stereocenters. The van der Waals surface area contributed by atoms with E-state index in [9.17, 15) is 0 Å². The molecule has 0 unspecified atom stereocenters. The first-order chi connectivity index (χ1) is 8.61. The Bertz CT molecular complexity index is 572. The summed E-state index contributed by atoms with van der Waals surface area (Å²) in [7, 11) is 0. The summed E-state index contributed by atoms with van der Waals surface area (Å²) in [5.41, 5.74) is 13.0. The smallest absolute Gasteiger partial charge is 0.155 e. The Morgan fingerprint density at radius 2 is 2.00 bits per heavy atom. The number of nitrogens with zero attached hydrogens (tertiary/aromatic N) is 1. The van der Waals surface area contributed by atoms with Gasteiger partial charge in [-0.25, -0.2) is 4.98 Å². The van der Waals surface area contributed by atoms with Crippen LogP contribution in [0.25, 0.3) is 0 Å². The Hall–Kier alpha value is -1.88. The maximum absolute atomic E-state index is 5.81. The third-order valence-electron chi connectivity index (χ3n) is 2.59.